The number of ether oxygens (including phenoxy) is 2. The fourth-order valence-corrected chi connectivity index (χ4v) is 3.80. The molecule has 1 unspecified atom stereocenters. The summed E-state index contributed by atoms with van der Waals surface area (Å²) in [7, 11) is 0. The molecule has 0 saturated carbocycles. The maximum atomic E-state index is 12.8. The van der Waals surface area contributed by atoms with Gasteiger partial charge in [0.05, 0.1) is 0 Å². The second kappa shape index (κ2) is 9.59. The summed E-state index contributed by atoms with van der Waals surface area (Å²) < 4.78 is 11.9. The fourth-order valence-electron chi connectivity index (χ4n) is 3.80. The SMILES string of the molecule is CC(C)(C)OC(=O)N1CCCCC1(C)Oc1cccc(C=CC(=O)N2CCC=CC2=O)c1. The van der Waals surface area contributed by atoms with Gasteiger partial charge in [-0.05, 0) is 76.8 Å². The average molecular weight is 441 g/mol. The van der Waals surface area contributed by atoms with Gasteiger partial charge in [0.15, 0.2) is 5.72 Å². The van der Waals surface area contributed by atoms with Crippen LogP contribution in [-0.2, 0) is 14.3 Å². The van der Waals surface area contributed by atoms with Crippen molar-refractivity contribution in [2.45, 2.75) is 64.7 Å². The van der Waals surface area contributed by atoms with E-state index in [2.05, 4.69) is 0 Å². The van der Waals surface area contributed by atoms with E-state index in [-0.39, 0.29) is 17.9 Å². The third-order valence-electron chi connectivity index (χ3n) is 5.38. The first-order valence-electron chi connectivity index (χ1n) is 11.1. The third-order valence-corrected chi connectivity index (χ3v) is 5.38. The molecular weight excluding hydrogens is 408 g/mol. The van der Waals surface area contributed by atoms with Crippen LogP contribution in [0.25, 0.3) is 6.08 Å². The summed E-state index contributed by atoms with van der Waals surface area (Å²) in [6.45, 7) is 8.39. The van der Waals surface area contributed by atoms with Gasteiger partial charge in [-0.3, -0.25) is 19.4 Å². The molecule has 0 aromatic heterocycles. The molecule has 1 atom stereocenters. The fraction of sp³-hybridized carbons (Fsp3) is 0.480. The predicted octanol–water partition coefficient (Wildman–Crippen LogP) is 4.53. The Kier molecular flexibility index (Phi) is 7.06. The van der Waals surface area contributed by atoms with E-state index in [1.54, 1.807) is 17.1 Å². The number of benzene rings is 1. The van der Waals surface area contributed by atoms with Crippen LogP contribution in [-0.4, -0.2) is 52.1 Å². The Labute approximate surface area is 189 Å². The van der Waals surface area contributed by atoms with Crippen LogP contribution in [0, 0.1) is 0 Å². The lowest BCUT2D eigenvalue weighted by molar-refractivity contribution is -0.139. The second-order valence-electron chi connectivity index (χ2n) is 9.29. The molecule has 0 aliphatic carbocycles. The highest BCUT2D eigenvalue weighted by Crippen LogP contribution is 2.32. The minimum absolute atomic E-state index is 0.296. The van der Waals surface area contributed by atoms with Crippen LogP contribution >= 0.6 is 0 Å². The molecule has 3 amide bonds. The molecule has 1 aromatic carbocycles. The van der Waals surface area contributed by atoms with Gasteiger partial charge in [-0.15, -0.1) is 0 Å². The summed E-state index contributed by atoms with van der Waals surface area (Å²) in [5.74, 6) is -0.0500. The van der Waals surface area contributed by atoms with Crippen LogP contribution in [0.5, 0.6) is 5.75 Å². The number of likely N-dealkylation sites (tertiary alicyclic amines) is 1. The van der Waals surface area contributed by atoms with Gasteiger partial charge < -0.3 is 9.47 Å². The van der Waals surface area contributed by atoms with E-state index in [4.69, 9.17) is 9.47 Å². The van der Waals surface area contributed by atoms with E-state index < -0.39 is 11.3 Å². The highest BCUT2D eigenvalue weighted by Gasteiger charge is 2.41. The van der Waals surface area contributed by atoms with Crippen LogP contribution in [0.4, 0.5) is 4.79 Å². The average Bonchev–Trinajstić information content (AvgIpc) is 2.71. The molecule has 0 N–H and O–H groups in total. The number of imide groups is 1. The number of carbonyl (C=O) groups is 3. The standard InChI is InChI=1S/C25H32N2O5/c1-24(2,3)32-23(30)27-17-8-6-15-25(27,4)31-20-11-9-10-19(18-20)13-14-22(29)26-16-7-5-12-21(26)28/h5,9-14,18H,6-8,15-17H2,1-4H3. The van der Waals surface area contributed by atoms with E-state index in [1.165, 1.54) is 17.1 Å². The minimum Gasteiger partial charge on any atom is -0.468 e. The van der Waals surface area contributed by atoms with Gasteiger partial charge in [0.2, 0.25) is 0 Å². The Hall–Kier alpha value is -3.09. The van der Waals surface area contributed by atoms with Crippen molar-refractivity contribution in [1.82, 2.24) is 9.80 Å². The van der Waals surface area contributed by atoms with Gasteiger partial charge in [-0.1, -0.05) is 18.2 Å². The third kappa shape index (κ3) is 5.99. The largest absolute Gasteiger partial charge is 0.468 e. The molecule has 0 spiro atoms. The van der Waals surface area contributed by atoms with E-state index in [0.717, 1.165) is 18.4 Å². The molecule has 172 valence electrons. The minimum atomic E-state index is -0.828. The van der Waals surface area contributed by atoms with E-state index >= 15 is 0 Å². The van der Waals surface area contributed by atoms with Crippen LogP contribution < -0.4 is 4.74 Å². The highest BCUT2D eigenvalue weighted by molar-refractivity contribution is 6.06. The molecule has 32 heavy (non-hydrogen) atoms. The quantitative estimate of drug-likeness (QED) is 0.643. The van der Waals surface area contributed by atoms with Gasteiger partial charge in [-0.25, -0.2) is 4.79 Å². The smallest absolute Gasteiger partial charge is 0.413 e. The number of hydrogen-bond donors (Lipinski definition) is 0. The molecule has 0 radical (unpaired) electrons. The number of rotatable bonds is 4. The van der Waals surface area contributed by atoms with Gasteiger partial charge in [-0.2, -0.15) is 0 Å². The van der Waals surface area contributed by atoms with Crippen molar-refractivity contribution in [2.24, 2.45) is 0 Å². The molecule has 3 rings (SSSR count). The molecule has 2 heterocycles. The lowest BCUT2D eigenvalue weighted by Gasteiger charge is -2.44. The van der Waals surface area contributed by atoms with Gasteiger partial charge in [0, 0.05) is 25.6 Å². The van der Waals surface area contributed by atoms with Crippen molar-refractivity contribution in [1.29, 1.82) is 0 Å². The number of hydrogen-bond acceptors (Lipinski definition) is 5. The van der Waals surface area contributed by atoms with Gasteiger partial charge >= 0.3 is 6.09 Å². The van der Waals surface area contributed by atoms with Crippen LogP contribution in [0.3, 0.4) is 0 Å². The van der Waals surface area contributed by atoms with Crippen molar-refractivity contribution < 1.29 is 23.9 Å². The Balaban J connectivity index is 1.72. The first-order valence-corrected chi connectivity index (χ1v) is 11.1. The molecule has 7 nitrogen and oxygen atoms in total. The maximum absolute atomic E-state index is 12.8. The van der Waals surface area contributed by atoms with Gasteiger partial charge in [0.25, 0.3) is 11.8 Å². The maximum Gasteiger partial charge on any atom is 0.413 e. The Morgan fingerprint density at radius 1 is 1.16 bits per heavy atom. The zero-order valence-corrected chi connectivity index (χ0v) is 19.3. The predicted molar refractivity (Wildman–Crippen MR) is 122 cm³/mol. The topological polar surface area (TPSA) is 76.2 Å². The normalized spacial score (nSPS) is 21.7. The monoisotopic (exact) mass is 440 g/mol. The van der Waals surface area contributed by atoms with Crippen LogP contribution in [0.1, 0.15) is 58.9 Å². The number of piperidine rings is 1. The van der Waals surface area contributed by atoms with Crippen molar-refractivity contribution in [3.05, 3.63) is 48.1 Å². The first kappa shape index (κ1) is 23.6. The van der Waals surface area contributed by atoms with Crippen molar-refractivity contribution >= 4 is 24.0 Å². The Morgan fingerprint density at radius 3 is 2.66 bits per heavy atom. The summed E-state index contributed by atoms with van der Waals surface area (Å²) in [5, 5.41) is 0. The lowest BCUT2D eigenvalue weighted by atomic mass is 10.00. The molecule has 1 aromatic rings. The first-order chi connectivity index (χ1) is 15.1. The van der Waals surface area contributed by atoms with E-state index in [9.17, 15) is 14.4 Å². The number of nitrogens with zero attached hydrogens (tertiary/aromatic N) is 2. The second-order valence-corrected chi connectivity index (χ2v) is 9.29. The summed E-state index contributed by atoms with van der Waals surface area (Å²) in [6.07, 6.45) is 9.06. The zero-order chi connectivity index (χ0) is 23.4. The lowest BCUT2D eigenvalue weighted by Crippen LogP contribution is -2.57. The number of amides is 3. The molecule has 7 heteroatoms. The van der Waals surface area contributed by atoms with Gasteiger partial charge in [0.1, 0.15) is 11.4 Å². The Morgan fingerprint density at radius 2 is 1.94 bits per heavy atom. The summed E-state index contributed by atoms with van der Waals surface area (Å²) in [6, 6.07) is 7.32. The summed E-state index contributed by atoms with van der Waals surface area (Å²) in [5.41, 5.74) is -0.650. The highest BCUT2D eigenvalue weighted by atomic mass is 16.6. The van der Waals surface area contributed by atoms with E-state index in [0.29, 0.717) is 31.7 Å². The van der Waals surface area contributed by atoms with Crippen LogP contribution in [0.15, 0.2) is 42.5 Å². The summed E-state index contributed by atoms with van der Waals surface area (Å²) in [4.78, 5) is 39.9. The molecule has 0 bridgehead atoms. The molecule has 2 aliphatic rings. The summed E-state index contributed by atoms with van der Waals surface area (Å²) >= 11 is 0. The molecular formula is C25H32N2O5. The van der Waals surface area contributed by atoms with Crippen LogP contribution in [0.2, 0.25) is 0 Å². The molecule has 1 fully saturated rings. The number of carbonyl (C=O) groups excluding carboxylic acids is 3. The molecule has 2 aliphatic heterocycles. The van der Waals surface area contributed by atoms with Crippen molar-refractivity contribution in [3.8, 4) is 5.75 Å². The van der Waals surface area contributed by atoms with Crippen molar-refractivity contribution in [2.75, 3.05) is 13.1 Å². The zero-order valence-electron chi connectivity index (χ0n) is 19.3. The van der Waals surface area contributed by atoms with E-state index in [1.807, 2.05) is 52.0 Å². The van der Waals surface area contributed by atoms with Crippen molar-refractivity contribution in [3.63, 3.8) is 0 Å². The molecule has 1 saturated heterocycles. The Bertz CT molecular complexity index is 931.